The van der Waals surface area contributed by atoms with Crippen LogP contribution in [0, 0.1) is 6.92 Å². The predicted molar refractivity (Wildman–Crippen MR) is 135 cm³/mol. The first kappa shape index (κ1) is 24.9. The van der Waals surface area contributed by atoms with Crippen LogP contribution in [-0.4, -0.2) is 39.7 Å². The zero-order valence-corrected chi connectivity index (χ0v) is 20.5. The fraction of sp³-hybridized carbons (Fsp3) is 0.231. The van der Waals surface area contributed by atoms with Crippen molar-refractivity contribution >= 4 is 17.2 Å². The fourth-order valence-electron chi connectivity index (χ4n) is 3.77. The van der Waals surface area contributed by atoms with Crippen molar-refractivity contribution in [1.82, 2.24) is 15.3 Å². The van der Waals surface area contributed by atoms with E-state index < -0.39 is 17.1 Å². The number of aryl methyl sites for hydroxylation is 1. The number of hydrogen-bond acceptors (Lipinski definition) is 9. The Hall–Kier alpha value is -4.18. The van der Waals surface area contributed by atoms with Crippen LogP contribution in [0.25, 0.3) is 10.6 Å². The summed E-state index contributed by atoms with van der Waals surface area (Å²) in [4.78, 5) is 33.8. The third-order valence-electron chi connectivity index (χ3n) is 5.55. The highest BCUT2D eigenvalue weighted by atomic mass is 32.1. The van der Waals surface area contributed by atoms with Crippen molar-refractivity contribution in [2.24, 2.45) is 0 Å². The van der Waals surface area contributed by atoms with Crippen LogP contribution in [0.2, 0.25) is 0 Å². The van der Waals surface area contributed by atoms with Gasteiger partial charge in [-0.05, 0) is 36.8 Å². The molecule has 0 saturated carbocycles. The summed E-state index contributed by atoms with van der Waals surface area (Å²) in [5.41, 5.74) is 1.72. The Morgan fingerprint density at radius 1 is 1.25 bits per heavy atom. The van der Waals surface area contributed by atoms with E-state index >= 15 is 0 Å². The molecular weight excluding hydrogens is 482 g/mol. The van der Waals surface area contributed by atoms with Crippen LogP contribution >= 0.6 is 11.3 Å². The monoisotopic (exact) mass is 507 g/mol. The number of rotatable bonds is 9. The van der Waals surface area contributed by atoms with Crippen LogP contribution in [0.15, 0.2) is 63.4 Å². The Morgan fingerprint density at radius 3 is 2.83 bits per heavy atom. The Balaban J connectivity index is 1.49. The maximum atomic E-state index is 12.9. The average Bonchev–Trinajstić information content (AvgIpc) is 3.35. The van der Waals surface area contributed by atoms with E-state index in [0.717, 1.165) is 16.3 Å². The van der Waals surface area contributed by atoms with Crippen LogP contribution in [0.3, 0.4) is 0 Å². The van der Waals surface area contributed by atoms with Gasteiger partial charge in [-0.15, -0.1) is 11.3 Å². The summed E-state index contributed by atoms with van der Waals surface area (Å²) in [6.07, 6.45) is 3.88. The number of amides is 1. The van der Waals surface area contributed by atoms with Crippen LogP contribution in [0.1, 0.15) is 35.1 Å². The number of hydrogen-bond donors (Lipinski definition) is 3. The fourth-order valence-corrected chi connectivity index (χ4v) is 4.61. The number of benzene rings is 1. The van der Waals surface area contributed by atoms with Gasteiger partial charge < -0.3 is 24.7 Å². The SMILES string of the molecule is COc1cc([C@H](CC(=O)NCCc2csc(-c3cccnc3)n2)c2oc(C)cc(=O)c2O)ccc1O. The molecule has 3 N–H and O–H groups in total. The first-order chi connectivity index (χ1) is 17.4. The summed E-state index contributed by atoms with van der Waals surface area (Å²) < 4.78 is 10.9. The van der Waals surface area contributed by atoms with Gasteiger partial charge in [-0.1, -0.05) is 6.07 Å². The molecule has 0 bridgehead atoms. The molecule has 4 rings (SSSR count). The zero-order chi connectivity index (χ0) is 25.7. The number of nitrogens with one attached hydrogen (secondary N) is 1. The van der Waals surface area contributed by atoms with E-state index in [0.29, 0.717) is 24.3 Å². The summed E-state index contributed by atoms with van der Waals surface area (Å²) in [6.45, 7) is 1.94. The highest BCUT2D eigenvalue weighted by molar-refractivity contribution is 7.13. The molecule has 10 heteroatoms. The van der Waals surface area contributed by atoms with Gasteiger partial charge in [0.25, 0.3) is 0 Å². The molecule has 186 valence electrons. The quantitative estimate of drug-likeness (QED) is 0.312. The maximum Gasteiger partial charge on any atom is 0.227 e. The number of methoxy groups -OCH3 is 1. The summed E-state index contributed by atoms with van der Waals surface area (Å²) in [5.74, 6) is -1.26. The van der Waals surface area contributed by atoms with Gasteiger partial charge in [0.15, 0.2) is 17.3 Å². The Kier molecular flexibility index (Phi) is 7.65. The van der Waals surface area contributed by atoms with E-state index in [9.17, 15) is 19.8 Å². The third-order valence-corrected chi connectivity index (χ3v) is 6.49. The second kappa shape index (κ2) is 11.0. The van der Waals surface area contributed by atoms with Crippen molar-refractivity contribution in [1.29, 1.82) is 0 Å². The average molecular weight is 508 g/mol. The number of ether oxygens (including phenoxy) is 1. The second-order valence-electron chi connectivity index (χ2n) is 8.11. The number of carbonyl (C=O) groups excluding carboxylic acids is 1. The lowest BCUT2D eigenvalue weighted by atomic mass is 9.91. The molecule has 9 nitrogen and oxygen atoms in total. The molecule has 0 unspecified atom stereocenters. The lowest BCUT2D eigenvalue weighted by molar-refractivity contribution is -0.121. The number of phenolic OH excluding ortho intramolecular Hbond substituents is 1. The minimum Gasteiger partial charge on any atom is -0.504 e. The molecule has 3 heterocycles. The van der Waals surface area contributed by atoms with E-state index in [1.807, 2.05) is 17.5 Å². The standard InChI is InChI=1S/C26H25N3O6S/c1-15-10-21(31)24(33)25(35-15)19(16-5-6-20(30)22(11-16)34-2)12-23(32)28-9-7-18-14-36-26(29-18)17-4-3-8-27-13-17/h3-6,8,10-11,13-14,19,30,33H,7,9,12H2,1-2H3,(H,28,32)/t19-/m0/s1. The number of phenols is 1. The number of aromatic hydroxyl groups is 2. The number of aromatic nitrogens is 2. The normalized spacial score (nSPS) is 11.7. The molecular formula is C26H25N3O6S. The summed E-state index contributed by atoms with van der Waals surface area (Å²) in [7, 11) is 1.41. The number of pyridine rings is 1. The molecule has 1 aromatic carbocycles. The van der Waals surface area contributed by atoms with Gasteiger partial charge in [-0.25, -0.2) is 4.98 Å². The van der Waals surface area contributed by atoms with Crippen LogP contribution in [-0.2, 0) is 11.2 Å². The minimum atomic E-state index is -0.788. The van der Waals surface area contributed by atoms with E-state index in [1.165, 1.54) is 30.6 Å². The van der Waals surface area contributed by atoms with Crippen LogP contribution in [0.4, 0.5) is 0 Å². The third kappa shape index (κ3) is 5.72. The molecule has 0 radical (unpaired) electrons. The molecule has 0 aliphatic rings. The maximum absolute atomic E-state index is 12.9. The first-order valence-corrected chi connectivity index (χ1v) is 12.1. The molecule has 0 aliphatic heterocycles. The van der Waals surface area contributed by atoms with E-state index in [4.69, 9.17) is 9.15 Å². The molecule has 0 aliphatic carbocycles. The number of nitrogens with zero attached hydrogens (tertiary/aromatic N) is 2. The highest BCUT2D eigenvalue weighted by Crippen LogP contribution is 2.37. The molecule has 0 spiro atoms. The molecule has 1 amide bonds. The van der Waals surface area contributed by atoms with Crippen molar-refractivity contribution in [2.75, 3.05) is 13.7 Å². The summed E-state index contributed by atoms with van der Waals surface area (Å²) >= 11 is 1.51. The Morgan fingerprint density at radius 2 is 2.08 bits per heavy atom. The number of thiazole rings is 1. The molecule has 4 aromatic rings. The number of carbonyl (C=O) groups is 1. The molecule has 0 fully saturated rings. The van der Waals surface area contributed by atoms with Gasteiger partial charge in [0.2, 0.25) is 17.1 Å². The van der Waals surface area contributed by atoms with Crippen molar-refractivity contribution in [2.45, 2.75) is 25.7 Å². The minimum absolute atomic E-state index is 0.0245. The van der Waals surface area contributed by atoms with Gasteiger partial charge in [0, 0.05) is 48.8 Å². The molecule has 1 atom stereocenters. The summed E-state index contributed by atoms with van der Waals surface area (Å²) in [6, 6.07) is 9.53. The zero-order valence-electron chi connectivity index (χ0n) is 19.7. The van der Waals surface area contributed by atoms with Gasteiger partial charge in [0.1, 0.15) is 10.8 Å². The van der Waals surface area contributed by atoms with E-state index in [2.05, 4.69) is 15.3 Å². The largest absolute Gasteiger partial charge is 0.504 e. The lowest BCUT2D eigenvalue weighted by Crippen LogP contribution is -2.27. The van der Waals surface area contributed by atoms with E-state index in [-0.39, 0.29) is 29.6 Å². The van der Waals surface area contributed by atoms with E-state index in [1.54, 1.807) is 31.5 Å². The van der Waals surface area contributed by atoms with Gasteiger partial charge in [-0.2, -0.15) is 0 Å². The van der Waals surface area contributed by atoms with Gasteiger partial charge in [-0.3, -0.25) is 14.6 Å². The van der Waals surface area contributed by atoms with Gasteiger partial charge in [0.05, 0.1) is 18.7 Å². The predicted octanol–water partition coefficient (Wildman–Crippen LogP) is 3.77. The van der Waals surface area contributed by atoms with Crippen molar-refractivity contribution < 1.29 is 24.2 Å². The smallest absolute Gasteiger partial charge is 0.227 e. The van der Waals surface area contributed by atoms with Crippen molar-refractivity contribution in [3.63, 3.8) is 0 Å². The first-order valence-electron chi connectivity index (χ1n) is 11.2. The molecule has 3 aromatic heterocycles. The second-order valence-corrected chi connectivity index (χ2v) is 8.97. The lowest BCUT2D eigenvalue weighted by Gasteiger charge is -2.19. The van der Waals surface area contributed by atoms with Crippen LogP contribution in [0.5, 0.6) is 17.2 Å². The topological polar surface area (TPSA) is 135 Å². The Labute approximate surface area is 211 Å². The van der Waals surface area contributed by atoms with Crippen molar-refractivity contribution in [3.8, 4) is 27.8 Å². The van der Waals surface area contributed by atoms with Crippen molar-refractivity contribution in [3.05, 3.63) is 87.2 Å². The summed E-state index contributed by atoms with van der Waals surface area (Å²) in [5, 5.41) is 26.1. The molecule has 0 saturated heterocycles. The van der Waals surface area contributed by atoms with Crippen LogP contribution < -0.4 is 15.5 Å². The molecule has 36 heavy (non-hydrogen) atoms. The van der Waals surface area contributed by atoms with Gasteiger partial charge >= 0.3 is 0 Å². The highest BCUT2D eigenvalue weighted by Gasteiger charge is 2.26. The Bertz CT molecular complexity index is 1420.